The van der Waals surface area contributed by atoms with Crippen LogP contribution in [0.25, 0.3) is 0 Å². The quantitative estimate of drug-likeness (QED) is 0.227. The largest absolute Gasteiger partial charge is 0.493 e. The number of carbonyl (C=O) groups excluding carboxylic acids is 2. The molecule has 0 spiro atoms. The van der Waals surface area contributed by atoms with Crippen molar-refractivity contribution >= 4 is 34.9 Å². The molecule has 8 heteroatoms. The van der Waals surface area contributed by atoms with E-state index in [1.807, 2.05) is 67.3 Å². The highest BCUT2D eigenvalue weighted by Gasteiger charge is 2.25. The van der Waals surface area contributed by atoms with Gasteiger partial charge in [0.1, 0.15) is 6.54 Å². The van der Waals surface area contributed by atoms with Crippen molar-refractivity contribution < 1.29 is 19.1 Å². The lowest BCUT2D eigenvalue weighted by molar-refractivity contribution is -0.141. The number of ether oxygens (including phenoxy) is 2. The molecule has 0 aliphatic rings. The SMILES string of the molecule is CCC(C)N(CC(=O)N(CCc1ccc(OC)c(OC)c1)Cc1ccc(C)s1)C(=O)CSc1ccccc1. The van der Waals surface area contributed by atoms with E-state index in [0.717, 1.165) is 21.8 Å². The monoisotopic (exact) mass is 554 g/mol. The number of rotatable bonds is 14. The van der Waals surface area contributed by atoms with Crippen LogP contribution >= 0.6 is 23.1 Å². The molecule has 204 valence electrons. The summed E-state index contributed by atoms with van der Waals surface area (Å²) in [5, 5.41) is 0. The van der Waals surface area contributed by atoms with Gasteiger partial charge in [0.25, 0.3) is 0 Å². The zero-order valence-corrected chi connectivity index (χ0v) is 24.6. The van der Waals surface area contributed by atoms with Gasteiger partial charge >= 0.3 is 0 Å². The lowest BCUT2D eigenvalue weighted by Gasteiger charge is -2.31. The molecule has 0 saturated carbocycles. The van der Waals surface area contributed by atoms with Gasteiger partial charge in [0.15, 0.2) is 11.5 Å². The summed E-state index contributed by atoms with van der Waals surface area (Å²) < 4.78 is 10.8. The van der Waals surface area contributed by atoms with Crippen molar-refractivity contribution in [3.8, 4) is 11.5 Å². The maximum absolute atomic E-state index is 13.7. The molecule has 1 atom stereocenters. The standard InChI is InChI=1S/C30H38N2O4S2/c1-6-22(2)32(30(34)21-37-25-10-8-7-9-11-25)20-29(33)31(19-26-14-12-23(3)38-26)17-16-24-13-15-27(35-4)28(18-24)36-5/h7-15,18,22H,6,16-17,19-21H2,1-5H3. The Morgan fingerprint density at radius 1 is 0.974 bits per heavy atom. The molecule has 1 aromatic heterocycles. The van der Waals surface area contributed by atoms with Crippen molar-refractivity contribution in [1.82, 2.24) is 9.80 Å². The van der Waals surface area contributed by atoms with Crippen molar-refractivity contribution in [2.75, 3.05) is 33.1 Å². The molecule has 0 aliphatic heterocycles. The first-order valence-corrected chi connectivity index (χ1v) is 14.7. The molecule has 0 aliphatic carbocycles. The van der Waals surface area contributed by atoms with Crippen molar-refractivity contribution in [2.24, 2.45) is 0 Å². The fourth-order valence-corrected chi connectivity index (χ4v) is 5.76. The molecule has 38 heavy (non-hydrogen) atoms. The van der Waals surface area contributed by atoms with Gasteiger partial charge in [-0.25, -0.2) is 0 Å². The number of methoxy groups -OCH3 is 2. The molecule has 3 aromatic rings. The van der Waals surface area contributed by atoms with Gasteiger partial charge in [0.2, 0.25) is 11.8 Å². The van der Waals surface area contributed by atoms with Crippen LogP contribution in [0, 0.1) is 6.92 Å². The van der Waals surface area contributed by atoms with E-state index in [9.17, 15) is 9.59 Å². The summed E-state index contributed by atoms with van der Waals surface area (Å²) in [5.74, 6) is 1.58. The minimum atomic E-state index is -0.0464. The predicted octanol–water partition coefficient (Wildman–Crippen LogP) is 6.06. The van der Waals surface area contributed by atoms with Crippen molar-refractivity contribution in [2.45, 2.75) is 51.1 Å². The van der Waals surface area contributed by atoms with Gasteiger partial charge in [-0.2, -0.15) is 0 Å². The van der Waals surface area contributed by atoms with Crippen molar-refractivity contribution in [3.63, 3.8) is 0 Å². The zero-order valence-electron chi connectivity index (χ0n) is 22.9. The third-order valence-corrected chi connectivity index (χ3v) is 8.45. The smallest absolute Gasteiger partial charge is 0.242 e. The summed E-state index contributed by atoms with van der Waals surface area (Å²) in [6, 6.07) is 19.8. The van der Waals surface area contributed by atoms with Crippen LogP contribution in [0.2, 0.25) is 0 Å². The Morgan fingerprint density at radius 3 is 2.34 bits per heavy atom. The second-order valence-corrected chi connectivity index (χ2v) is 11.6. The molecule has 0 N–H and O–H groups in total. The van der Waals surface area contributed by atoms with Crippen LogP contribution in [-0.2, 0) is 22.6 Å². The molecule has 6 nitrogen and oxygen atoms in total. The maximum atomic E-state index is 13.7. The molecule has 1 heterocycles. The van der Waals surface area contributed by atoms with Gasteiger partial charge in [-0.15, -0.1) is 23.1 Å². The molecule has 0 saturated heterocycles. The average molecular weight is 555 g/mol. The van der Waals surface area contributed by atoms with Gasteiger partial charge in [-0.3, -0.25) is 9.59 Å². The maximum Gasteiger partial charge on any atom is 0.242 e. The van der Waals surface area contributed by atoms with Crippen LogP contribution in [0.5, 0.6) is 11.5 Å². The van der Waals surface area contributed by atoms with Gasteiger partial charge in [0.05, 0.1) is 26.5 Å². The number of hydrogen-bond donors (Lipinski definition) is 0. The van der Waals surface area contributed by atoms with E-state index < -0.39 is 0 Å². The minimum absolute atomic E-state index is 0.0200. The Kier molecular flexibility index (Phi) is 11.5. The Labute approximate surface area is 234 Å². The summed E-state index contributed by atoms with van der Waals surface area (Å²) in [6.45, 7) is 7.24. The Balaban J connectivity index is 1.74. The minimum Gasteiger partial charge on any atom is -0.493 e. The molecule has 2 amide bonds. The predicted molar refractivity (Wildman–Crippen MR) is 156 cm³/mol. The molecule has 0 radical (unpaired) electrons. The summed E-state index contributed by atoms with van der Waals surface area (Å²) in [6.07, 6.45) is 1.45. The molecule has 2 aromatic carbocycles. The number of aryl methyl sites for hydroxylation is 1. The average Bonchev–Trinajstić information content (AvgIpc) is 3.36. The van der Waals surface area contributed by atoms with Gasteiger partial charge < -0.3 is 19.3 Å². The highest BCUT2D eigenvalue weighted by molar-refractivity contribution is 8.00. The molecule has 1 unspecified atom stereocenters. The summed E-state index contributed by atoms with van der Waals surface area (Å²) >= 11 is 3.20. The van der Waals surface area contributed by atoms with E-state index >= 15 is 0 Å². The van der Waals surface area contributed by atoms with E-state index in [4.69, 9.17) is 9.47 Å². The number of thiophene rings is 1. The number of thioether (sulfide) groups is 1. The third kappa shape index (κ3) is 8.53. The normalized spacial score (nSPS) is 11.6. The Hall–Kier alpha value is -2.97. The number of carbonyl (C=O) groups is 2. The fourth-order valence-electron chi connectivity index (χ4n) is 4.05. The number of nitrogens with zero attached hydrogens (tertiary/aromatic N) is 2. The first kappa shape index (κ1) is 29.6. The zero-order chi connectivity index (χ0) is 27.5. The third-order valence-electron chi connectivity index (χ3n) is 6.47. The van der Waals surface area contributed by atoms with Gasteiger partial charge in [0, 0.05) is 27.2 Å². The van der Waals surface area contributed by atoms with Crippen molar-refractivity contribution in [3.05, 3.63) is 76.0 Å². The van der Waals surface area contributed by atoms with Gasteiger partial charge in [-0.1, -0.05) is 31.2 Å². The lowest BCUT2D eigenvalue weighted by Crippen LogP contribution is -2.47. The first-order valence-electron chi connectivity index (χ1n) is 12.9. The lowest BCUT2D eigenvalue weighted by atomic mass is 10.1. The van der Waals surface area contributed by atoms with Crippen LogP contribution < -0.4 is 9.47 Å². The van der Waals surface area contributed by atoms with Crippen LogP contribution in [0.1, 0.15) is 35.6 Å². The summed E-state index contributed by atoms with van der Waals surface area (Å²) in [5.41, 5.74) is 1.05. The molecule has 3 rings (SSSR count). The van der Waals surface area contributed by atoms with E-state index in [0.29, 0.717) is 36.8 Å². The Morgan fingerprint density at radius 2 is 1.71 bits per heavy atom. The van der Waals surface area contributed by atoms with Crippen LogP contribution in [0.3, 0.4) is 0 Å². The Bertz CT molecular complexity index is 1180. The molecule has 0 fully saturated rings. The number of amides is 2. The molecular formula is C30H38N2O4S2. The van der Waals surface area contributed by atoms with Crippen LogP contribution in [-0.4, -0.2) is 60.7 Å². The number of benzene rings is 2. The van der Waals surface area contributed by atoms with Gasteiger partial charge in [-0.05, 0) is 68.7 Å². The second-order valence-electron chi connectivity index (χ2n) is 9.15. The van der Waals surface area contributed by atoms with Crippen molar-refractivity contribution in [1.29, 1.82) is 0 Å². The van der Waals surface area contributed by atoms with E-state index in [1.165, 1.54) is 16.6 Å². The van der Waals surface area contributed by atoms with Crippen LogP contribution in [0.4, 0.5) is 0 Å². The summed E-state index contributed by atoms with van der Waals surface area (Å²) in [4.78, 5) is 33.9. The van der Waals surface area contributed by atoms with E-state index in [2.05, 4.69) is 19.1 Å². The summed E-state index contributed by atoms with van der Waals surface area (Å²) in [7, 11) is 3.23. The number of hydrogen-bond acceptors (Lipinski definition) is 6. The molecule has 0 bridgehead atoms. The fraction of sp³-hybridized carbons (Fsp3) is 0.400. The highest BCUT2D eigenvalue weighted by Crippen LogP contribution is 2.28. The highest BCUT2D eigenvalue weighted by atomic mass is 32.2. The van der Waals surface area contributed by atoms with E-state index in [1.54, 1.807) is 30.5 Å². The first-order chi connectivity index (χ1) is 18.3. The molecular weight excluding hydrogens is 516 g/mol. The van der Waals surface area contributed by atoms with E-state index in [-0.39, 0.29) is 24.4 Å². The second kappa shape index (κ2) is 14.8. The van der Waals surface area contributed by atoms with Crippen LogP contribution in [0.15, 0.2) is 65.6 Å². The topological polar surface area (TPSA) is 59.1 Å².